The average molecular weight is 395 g/mol. The molecule has 2 aromatic heterocycles. The summed E-state index contributed by atoms with van der Waals surface area (Å²) in [4.78, 5) is 18.2. The van der Waals surface area contributed by atoms with Crippen molar-refractivity contribution in [3.63, 3.8) is 0 Å². The molecule has 0 spiro atoms. The lowest BCUT2D eigenvalue weighted by Gasteiger charge is -2.28. The van der Waals surface area contributed by atoms with E-state index in [0.29, 0.717) is 18.2 Å². The molecule has 2 aliphatic rings. The van der Waals surface area contributed by atoms with Crippen LogP contribution in [0.5, 0.6) is 0 Å². The third kappa shape index (κ3) is 2.98. The van der Waals surface area contributed by atoms with E-state index in [4.69, 9.17) is 4.74 Å². The molecule has 1 fully saturated rings. The number of amides is 1. The number of pyridine rings is 1. The van der Waals surface area contributed by atoms with Crippen molar-refractivity contribution in [2.45, 2.75) is 0 Å². The number of hydrogen-bond acceptors (Lipinski definition) is 6. The molecule has 1 unspecified atom stereocenters. The second kappa shape index (κ2) is 6.84. The molecule has 2 aliphatic heterocycles. The van der Waals surface area contributed by atoms with Crippen LogP contribution in [-0.4, -0.2) is 51.2 Å². The van der Waals surface area contributed by atoms with Crippen LogP contribution in [0.3, 0.4) is 0 Å². The number of morpholine rings is 1. The van der Waals surface area contributed by atoms with Crippen molar-refractivity contribution in [1.82, 2.24) is 19.5 Å². The van der Waals surface area contributed by atoms with Crippen molar-refractivity contribution in [1.29, 1.82) is 0 Å². The van der Waals surface area contributed by atoms with Gasteiger partial charge in [0.2, 0.25) is 0 Å². The minimum atomic E-state index is -1.59. The molecule has 1 amide bonds. The van der Waals surface area contributed by atoms with E-state index in [1.165, 1.54) is 6.08 Å². The lowest BCUT2D eigenvalue weighted by atomic mass is 10.0. The molecule has 28 heavy (non-hydrogen) atoms. The quantitative estimate of drug-likeness (QED) is 0.723. The van der Waals surface area contributed by atoms with Gasteiger partial charge in [-0.05, 0) is 35.4 Å². The van der Waals surface area contributed by atoms with Crippen LogP contribution >= 0.6 is 0 Å². The molecule has 5 rings (SSSR count). The van der Waals surface area contributed by atoms with Gasteiger partial charge in [-0.3, -0.25) is 9.52 Å². The molecule has 1 saturated heterocycles. The highest BCUT2D eigenvalue weighted by Crippen LogP contribution is 2.28. The zero-order valence-corrected chi connectivity index (χ0v) is 15.7. The maximum Gasteiger partial charge on any atom is 0.258 e. The Morgan fingerprint density at radius 2 is 1.93 bits per heavy atom. The Morgan fingerprint density at radius 1 is 1.11 bits per heavy atom. The van der Waals surface area contributed by atoms with Crippen molar-refractivity contribution in [2.75, 3.05) is 31.2 Å². The van der Waals surface area contributed by atoms with Gasteiger partial charge in [-0.15, -0.1) is 0 Å². The van der Waals surface area contributed by atoms with Crippen LogP contribution in [0.25, 0.3) is 27.1 Å². The predicted molar refractivity (Wildman–Crippen MR) is 107 cm³/mol. The molecule has 0 saturated carbocycles. The average Bonchev–Trinajstić information content (AvgIpc) is 3.30. The molecular weight excluding hydrogens is 378 g/mol. The lowest BCUT2D eigenvalue weighted by Crippen LogP contribution is -2.36. The van der Waals surface area contributed by atoms with Gasteiger partial charge in [0.15, 0.2) is 16.0 Å². The number of hydrogen-bond donors (Lipinski definition) is 1. The summed E-state index contributed by atoms with van der Waals surface area (Å²) in [5.41, 5.74) is 2.90. The van der Waals surface area contributed by atoms with Crippen LogP contribution in [-0.2, 0) is 20.5 Å². The Labute approximate surface area is 163 Å². The minimum absolute atomic E-state index is 0.339. The Balaban J connectivity index is 1.50. The second-order valence-electron chi connectivity index (χ2n) is 6.55. The number of aromatic nitrogens is 3. The van der Waals surface area contributed by atoms with E-state index < -0.39 is 11.0 Å². The number of rotatable bonds is 3. The van der Waals surface area contributed by atoms with Crippen LogP contribution < -0.4 is 9.62 Å². The summed E-state index contributed by atoms with van der Waals surface area (Å²) >= 11 is 0. The number of carbonyl (C=O) groups excluding carboxylic acids is 1. The molecule has 1 N–H and O–H groups in total. The fourth-order valence-electron chi connectivity index (χ4n) is 3.43. The summed E-state index contributed by atoms with van der Waals surface area (Å²) in [6, 6.07) is 10.0. The largest absolute Gasteiger partial charge is 0.378 e. The zero-order chi connectivity index (χ0) is 19.1. The van der Waals surface area contributed by atoms with Gasteiger partial charge in [0.05, 0.1) is 24.9 Å². The first-order chi connectivity index (χ1) is 13.7. The highest BCUT2D eigenvalue weighted by molar-refractivity contribution is 7.93. The first-order valence-electron chi connectivity index (χ1n) is 8.90. The van der Waals surface area contributed by atoms with Gasteiger partial charge < -0.3 is 9.64 Å². The van der Waals surface area contributed by atoms with Gasteiger partial charge in [0.1, 0.15) is 5.82 Å². The summed E-state index contributed by atoms with van der Waals surface area (Å²) in [5, 5.41) is 5.56. The molecule has 8 nitrogen and oxygen atoms in total. The van der Waals surface area contributed by atoms with Crippen LogP contribution in [0, 0.1) is 0 Å². The number of ether oxygens (including phenoxy) is 1. The summed E-state index contributed by atoms with van der Waals surface area (Å²) in [7, 11) is -1.59. The van der Waals surface area contributed by atoms with E-state index in [2.05, 4.69) is 25.8 Å². The standard InChI is InChI=1S/C19H17N5O3S/c25-18-11-19(28(26)22-18)24-16-2-1-13(9-15(16)12-21-24)14-3-4-20-17(10-14)23-5-7-27-8-6-23/h1-4,9-12H,5-8H2,(H,22,25). The predicted octanol–water partition coefficient (Wildman–Crippen LogP) is 1.53. The number of fused-ring (bicyclic) bond motifs is 1. The molecule has 142 valence electrons. The fraction of sp³-hybridized carbons (Fsp3) is 0.211. The second-order valence-corrected chi connectivity index (χ2v) is 7.71. The summed E-state index contributed by atoms with van der Waals surface area (Å²) in [6.45, 7) is 3.10. The van der Waals surface area contributed by atoms with Crippen molar-refractivity contribution >= 4 is 38.6 Å². The third-order valence-electron chi connectivity index (χ3n) is 4.83. The van der Waals surface area contributed by atoms with Crippen molar-refractivity contribution < 1.29 is 13.7 Å². The molecule has 0 bridgehead atoms. The number of nitrogens with one attached hydrogen (secondary N) is 1. The van der Waals surface area contributed by atoms with Crippen LogP contribution in [0.15, 0.2) is 48.8 Å². The van der Waals surface area contributed by atoms with Crippen molar-refractivity contribution in [3.05, 3.63) is 48.8 Å². The van der Waals surface area contributed by atoms with E-state index >= 15 is 0 Å². The third-order valence-corrected chi connectivity index (χ3v) is 5.89. The first-order valence-corrected chi connectivity index (χ1v) is 10.1. The molecular formula is C19H17N5O3S. The molecule has 1 atom stereocenters. The molecule has 9 heteroatoms. The van der Waals surface area contributed by atoms with Gasteiger partial charge in [-0.1, -0.05) is 6.07 Å². The SMILES string of the molecule is O=C1C=C(n2ncc3cc(-c4ccnc(N5CCOCC5)c4)ccc32)S(=O)N1. The van der Waals surface area contributed by atoms with Gasteiger partial charge in [0.25, 0.3) is 5.91 Å². The normalized spacial score (nSPS) is 19.7. The van der Waals surface area contributed by atoms with Crippen molar-refractivity contribution in [2.24, 2.45) is 0 Å². The smallest absolute Gasteiger partial charge is 0.258 e. The van der Waals surface area contributed by atoms with Gasteiger partial charge in [-0.2, -0.15) is 5.10 Å². The van der Waals surface area contributed by atoms with Crippen LogP contribution in [0.1, 0.15) is 0 Å². The molecule has 1 aromatic carbocycles. The molecule has 3 aromatic rings. The van der Waals surface area contributed by atoms with Gasteiger partial charge in [0, 0.05) is 30.7 Å². The van der Waals surface area contributed by atoms with Gasteiger partial charge in [-0.25, -0.2) is 13.9 Å². The summed E-state index contributed by atoms with van der Waals surface area (Å²) in [5.74, 6) is 0.564. The van der Waals surface area contributed by atoms with E-state index in [1.807, 2.05) is 30.5 Å². The Morgan fingerprint density at radius 3 is 2.71 bits per heavy atom. The lowest BCUT2D eigenvalue weighted by molar-refractivity contribution is -0.114. The number of carbonyl (C=O) groups is 1. The Bertz CT molecular complexity index is 1130. The maximum atomic E-state index is 12.0. The fourth-order valence-corrected chi connectivity index (χ4v) is 4.29. The molecule has 0 radical (unpaired) electrons. The van der Waals surface area contributed by atoms with Crippen molar-refractivity contribution in [3.8, 4) is 11.1 Å². The monoisotopic (exact) mass is 395 g/mol. The van der Waals surface area contributed by atoms with E-state index in [9.17, 15) is 9.00 Å². The Kier molecular flexibility index (Phi) is 4.18. The minimum Gasteiger partial charge on any atom is -0.378 e. The zero-order valence-electron chi connectivity index (χ0n) is 14.9. The number of anilines is 1. The van der Waals surface area contributed by atoms with E-state index in [0.717, 1.165) is 40.9 Å². The first kappa shape index (κ1) is 17.1. The molecule has 0 aliphatic carbocycles. The van der Waals surface area contributed by atoms with E-state index in [-0.39, 0.29) is 5.91 Å². The summed E-state index contributed by atoms with van der Waals surface area (Å²) < 4.78 is 21.3. The topological polar surface area (TPSA) is 89.3 Å². The highest BCUT2D eigenvalue weighted by Gasteiger charge is 2.23. The van der Waals surface area contributed by atoms with Crippen LogP contribution in [0.2, 0.25) is 0 Å². The van der Waals surface area contributed by atoms with Gasteiger partial charge >= 0.3 is 0 Å². The Hall–Kier alpha value is -3.04. The summed E-state index contributed by atoms with van der Waals surface area (Å²) in [6.07, 6.45) is 4.84. The van der Waals surface area contributed by atoms with E-state index in [1.54, 1.807) is 10.9 Å². The highest BCUT2D eigenvalue weighted by atomic mass is 32.2. The number of benzene rings is 1. The molecule has 4 heterocycles. The maximum absolute atomic E-state index is 12.0. The van der Waals surface area contributed by atoms with Crippen LogP contribution in [0.4, 0.5) is 5.82 Å². The number of nitrogens with zero attached hydrogens (tertiary/aromatic N) is 4.